The minimum absolute atomic E-state index is 0.124. The Labute approximate surface area is 148 Å². The minimum Gasteiger partial charge on any atom is -0.367 e. The number of carbonyl (C=O) groups is 1. The highest BCUT2D eigenvalue weighted by Gasteiger charge is 2.39. The number of aromatic nitrogens is 1. The van der Waals surface area contributed by atoms with Gasteiger partial charge in [-0.2, -0.15) is 0 Å². The number of hydroxylamine groups is 2. The molecule has 1 saturated heterocycles. The van der Waals surface area contributed by atoms with E-state index < -0.39 is 0 Å². The van der Waals surface area contributed by atoms with Gasteiger partial charge < -0.3 is 4.84 Å². The van der Waals surface area contributed by atoms with Crippen LogP contribution in [0, 0.1) is 5.92 Å². The van der Waals surface area contributed by atoms with Crippen LogP contribution >= 0.6 is 0 Å². The third-order valence-electron chi connectivity index (χ3n) is 5.38. The quantitative estimate of drug-likeness (QED) is 0.850. The van der Waals surface area contributed by atoms with Gasteiger partial charge in [0.25, 0.3) is 0 Å². The predicted octanol–water partition coefficient (Wildman–Crippen LogP) is 3.87. The standard InChI is InChI=1S/C21H24N2O2/c24-19(13-10-16-6-2-1-3-7-16)25-23-15-5-9-18-12-11-17-8-4-14-22-20(17)21(18)23/h1-4,6-8,14,18,21H,5,9-13,15H2. The summed E-state index contributed by atoms with van der Waals surface area (Å²) in [6.45, 7) is 0.800. The lowest BCUT2D eigenvalue weighted by Crippen LogP contribution is -2.43. The first-order chi connectivity index (χ1) is 12.3. The molecular weight excluding hydrogens is 312 g/mol. The number of pyridine rings is 1. The van der Waals surface area contributed by atoms with Crippen molar-refractivity contribution >= 4 is 5.97 Å². The number of rotatable bonds is 4. The van der Waals surface area contributed by atoms with Crippen LogP contribution in [-0.2, 0) is 22.5 Å². The number of hydrogen-bond donors (Lipinski definition) is 0. The molecule has 4 heteroatoms. The van der Waals surface area contributed by atoms with Gasteiger partial charge in [0.15, 0.2) is 0 Å². The van der Waals surface area contributed by atoms with Crippen molar-refractivity contribution in [3.63, 3.8) is 0 Å². The van der Waals surface area contributed by atoms with Gasteiger partial charge in [-0.3, -0.25) is 9.78 Å². The maximum atomic E-state index is 12.4. The molecule has 25 heavy (non-hydrogen) atoms. The summed E-state index contributed by atoms with van der Waals surface area (Å²) >= 11 is 0. The highest BCUT2D eigenvalue weighted by atomic mass is 16.7. The largest absolute Gasteiger partial charge is 0.367 e. The zero-order valence-electron chi connectivity index (χ0n) is 14.4. The predicted molar refractivity (Wildman–Crippen MR) is 95.6 cm³/mol. The lowest BCUT2D eigenvalue weighted by atomic mass is 9.78. The fourth-order valence-corrected chi connectivity index (χ4v) is 4.14. The Morgan fingerprint density at radius 1 is 1.16 bits per heavy atom. The van der Waals surface area contributed by atoms with Gasteiger partial charge in [-0.1, -0.05) is 36.4 Å². The van der Waals surface area contributed by atoms with E-state index in [0.717, 1.165) is 37.9 Å². The van der Waals surface area contributed by atoms with Crippen molar-refractivity contribution < 1.29 is 9.63 Å². The van der Waals surface area contributed by atoms with Crippen LogP contribution in [0.3, 0.4) is 0 Å². The third kappa shape index (κ3) is 3.59. The van der Waals surface area contributed by atoms with Crippen molar-refractivity contribution in [3.8, 4) is 0 Å². The normalized spacial score (nSPS) is 22.7. The van der Waals surface area contributed by atoms with Gasteiger partial charge in [0.2, 0.25) is 0 Å². The van der Waals surface area contributed by atoms with E-state index in [4.69, 9.17) is 4.84 Å². The average Bonchev–Trinajstić information content (AvgIpc) is 2.67. The fraction of sp³-hybridized carbons (Fsp3) is 0.429. The molecule has 1 aliphatic heterocycles. The van der Waals surface area contributed by atoms with Gasteiger partial charge in [0, 0.05) is 12.7 Å². The van der Waals surface area contributed by atoms with Gasteiger partial charge in [-0.25, -0.2) is 0 Å². The Balaban J connectivity index is 1.44. The van der Waals surface area contributed by atoms with Crippen molar-refractivity contribution in [2.24, 2.45) is 5.92 Å². The number of nitrogens with zero attached hydrogens (tertiary/aromatic N) is 2. The highest BCUT2D eigenvalue weighted by Crippen LogP contribution is 2.42. The number of benzene rings is 1. The second kappa shape index (κ2) is 7.36. The molecule has 1 aromatic carbocycles. The Hall–Kier alpha value is -2.20. The SMILES string of the molecule is O=C(CCc1ccccc1)ON1CCCC2CCc3cccnc3C21. The summed E-state index contributed by atoms with van der Waals surface area (Å²) in [5, 5.41) is 1.91. The van der Waals surface area contributed by atoms with Crippen molar-refractivity contribution in [2.45, 2.75) is 44.6 Å². The van der Waals surface area contributed by atoms with Crippen molar-refractivity contribution in [2.75, 3.05) is 6.54 Å². The molecule has 0 radical (unpaired) electrons. The van der Waals surface area contributed by atoms with Gasteiger partial charge >= 0.3 is 5.97 Å². The molecule has 2 unspecified atom stereocenters. The number of fused-ring (bicyclic) bond motifs is 3. The molecule has 4 nitrogen and oxygen atoms in total. The van der Waals surface area contributed by atoms with Gasteiger partial charge in [0.05, 0.1) is 18.2 Å². The molecule has 0 bridgehead atoms. The molecule has 0 amide bonds. The van der Waals surface area contributed by atoms with Crippen LogP contribution in [0.5, 0.6) is 0 Å². The maximum absolute atomic E-state index is 12.4. The van der Waals surface area contributed by atoms with E-state index in [2.05, 4.69) is 11.1 Å². The molecule has 2 atom stereocenters. The Kier molecular flexibility index (Phi) is 4.79. The van der Waals surface area contributed by atoms with E-state index in [1.54, 1.807) is 0 Å². The van der Waals surface area contributed by atoms with E-state index in [0.29, 0.717) is 12.3 Å². The van der Waals surface area contributed by atoms with Crippen LogP contribution in [0.2, 0.25) is 0 Å². The smallest absolute Gasteiger partial charge is 0.325 e. The van der Waals surface area contributed by atoms with Crippen LogP contribution in [0.25, 0.3) is 0 Å². The molecule has 1 aliphatic carbocycles. The number of aryl methyl sites for hydroxylation is 2. The van der Waals surface area contributed by atoms with Crippen LogP contribution < -0.4 is 0 Å². The molecule has 0 spiro atoms. The zero-order chi connectivity index (χ0) is 17.1. The first-order valence-electron chi connectivity index (χ1n) is 9.26. The maximum Gasteiger partial charge on any atom is 0.325 e. The molecule has 1 fully saturated rings. The van der Waals surface area contributed by atoms with E-state index in [1.807, 2.05) is 47.7 Å². The fourth-order valence-electron chi connectivity index (χ4n) is 4.14. The van der Waals surface area contributed by atoms with E-state index in [9.17, 15) is 4.79 Å². The molecule has 2 heterocycles. The number of hydrogen-bond acceptors (Lipinski definition) is 4. The molecule has 0 N–H and O–H groups in total. The third-order valence-corrected chi connectivity index (χ3v) is 5.38. The average molecular weight is 336 g/mol. The second-order valence-electron chi connectivity index (χ2n) is 7.02. The Bertz CT molecular complexity index is 732. The molecular formula is C21H24N2O2. The molecule has 2 aliphatic rings. The summed E-state index contributed by atoms with van der Waals surface area (Å²) in [4.78, 5) is 22.8. The first-order valence-corrected chi connectivity index (χ1v) is 9.26. The number of piperidine rings is 1. The first kappa shape index (κ1) is 16.3. The number of carbonyl (C=O) groups excluding carboxylic acids is 1. The van der Waals surface area contributed by atoms with Crippen molar-refractivity contribution in [3.05, 3.63) is 65.5 Å². The van der Waals surface area contributed by atoms with E-state index in [-0.39, 0.29) is 12.0 Å². The Morgan fingerprint density at radius 3 is 2.92 bits per heavy atom. The summed E-state index contributed by atoms with van der Waals surface area (Å²) in [5.74, 6) is 0.394. The molecule has 2 aromatic rings. The summed E-state index contributed by atoms with van der Waals surface area (Å²) < 4.78 is 0. The summed E-state index contributed by atoms with van der Waals surface area (Å²) in [6, 6.07) is 14.4. The highest BCUT2D eigenvalue weighted by molar-refractivity contribution is 5.69. The monoisotopic (exact) mass is 336 g/mol. The summed E-state index contributed by atoms with van der Waals surface area (Å²) in [5.41, 5.74) is 3.57. The minimum atomic E-state index is -0.146. The van der Waals surface area contributed by atoms with Crippen molar-refractivity contribution in [1.29, 1.82) is 0 Å². The lowest BCUT2D eigenvalue weighted by Gasteiger charge is -2.42. The van der Waals surface area contributed by atoms with E-state index in [1.165, 1.54) is 17.5 Å². The summed E-state index contributed by atoms with van der Waals surface area (Å²) in [7, 11) is 0. The summed E-state index contributed by atoms with van der Waals surface area (Å²) in [6.07, 6.45) is 7.49. The van der Waals surface area contributed by atoms with Crippen LogP contribution in [0.4, 0.5) is 0 Å². The van der Waals surface area contributed by atoms with Crippen LogP contribution in [0.15, 0.2) is 48.7 Å². The van der Waals surface area contributed by atoms with Gasteiger partial charge in [-0.15, -0.1) is 5.06 Å². The van der Waals surface area contributed by atoms with Crippen molar-refractivity contribution in [1.82, 2.24) is 10.0 Å². The Morgan fingerprint density at radius 2 is 2.04 bits per heavy atom. The van der Waals surface area contributed by atoms with Gasteiger partial charge in [-0.05, 0) is 55.2 Å². The van der Waals surface area contributed by atoms with E-state index >= 15 is 0 Å². The van der Waals surface area contributed by atoms with Crippen LogP contribution in [-0.4, -0.2) is 22.6 Å². The second-order valence-corrected chi connectivity index (χ2v) is 7.02. The molecule has 0 saturated carbocycles. The molecule has 130 valence electrons. The van der Waals surface area contributed by atoms with Crippen LogP contribution in [0.1, 0.15) is 48.5 Å². The molecule has 4 rings (SSSR count). The molecule has 1 aromatic heterocycles. The lowest BCUT2D eigenvalue weighted by molar-refractivity contribution is -0.218. The zero-order valence-corrected chi connectivity index (χ0v) is 14.4. The topological polar surface area (TPSA) is 42.4 Å². The van der Waals surface area contributed by atoms with Gasteiger partial charge in [0.1, 0.15) is 0 Å².